The van der Waals surface area contributed by atoms with E-state index in [1.165, 1.54) is 7.11 Å². The van der Waals surface area contributed by atoms with Crippen molar-refractivity contribution < 1.29 is 9.47 Å². The maximum atomic E-state index is 6.26. The molecule has 1 aliphatic rings. The molecule has 1 unspecified atom stereocenters. The summed E-state index contributed by atoms with van der Waals surface area (Å²) in [6, 6.07) is 9.72. The number of pyridine rings is 1. The Bertz CT molecular complexity index is 991. The van der Waals surface area contributed by atoms with Crippen LogP contribution in [0.1, 0.15) is 29.7 Å². The first-order chi connectivity index (χ1) is 15.0. The van der Waals surface area contributed by atoms with Crippen molar-refractivity contribution in [1.82, 2.24) is 4.98 Å². The second kappa shape index (κ2) is 10.6. The van der Waals surface area contributed by atoms with E-state index < -0.39 is 0 Å². The van der Waals surface area contributed by atoms with Crippen LogP contribution in [0.3, 0.4) is 0 Å². The molecule has 0 saturated carbocycles. The molecule has 1 saturated heterocycles. The molecule has 7 heteroatoms. The molecule has 6 N–H and O–H groups in total. The first-order valence-electron chi connectivity index (χ1n) is 10.4. The van der Waals surface area contributed by atoms with Gasteiger partial charge in [0.1, 0.15) is 0 Å². The first kappa shape index (κ1) is 22.4. The summed E-state index contributed by atoms with van der Waals surface area (Å²) in [5.41, 5.74) is 23.6. The van der Waals surface area contributed by atoms with E-state index >= 15 is 0 Å². The zero-order valence-electron chi connectivity index (χ0n) is 18.2. The lowest BCUT2D eigenvalue weighted by molar-refractivity contribution is 0.184. The number of rotatable bonds is 8. The number of methoxy groups -OCH3 is 1. The molecule has 1 fully saturated rings. The van der Waals surface area contributed by atoms with Crippen LogP contribution in [0.15, 0.2) is 47.4 Å². The number of nitrogens with zero attached hydrogens (tertiary/aromatic N) is 2. The summed E-state index contributed by atoms with van der Waals surface area (Å²) in [6.07, 6.45) is 7.22. The Morgan fingerprint density at radius 3 is 2.84 bits per heavy atom. The molecule has 0 amide bonds. The van der Waals surface area contributed by atoms with Gasteiger partial charge in [0.2, 0.25) is 0 Å². The van der Waals surface area contributed by atoms with Crippen molar-refractivity contribution in [2.75, 3.05) is 32.6 Å². The van der Waals surface area contributed by atoms with Crippen LogP contribution in [0.5, 0.6) is 0 Å². The predicted octanol–water partition coefficient (Wildman–Crippen LogP) is 3.34. The van der Waals surface area contributed by atoms with Crippen LogP contribution < -0.4 is 17.2 Å². The molecule has 3 rings (SSSR count). The van der Waals surface area contributed by atoms with Crippen LogP contribution in [0.25, 0.3) is 22.9 Å². The largest absolute Gasteiger partial charge is 0.483 e. The van der Waals surface area contributed by atoms with Crippen molar-refractivity contribution in [1.29, 1.82) is 0 Å². The van der Waals surface area contributed by atoms with Gasteiger partial charge in [0, 0.05) is 71.9 Å². The molecule has 31 heavy (non-hydrogen) atoms. The third-order valence-corrected chi connectivity index (χ3v) is 5.34. The summed E-state index contributed by atoms with van der Waals surface area (Å²) in [5.74, 6) is 0.893. The monoisotopic (exact) mass is 421 g/mol. The zero-order chi connectivity index (χ0) is 22.2. The molecule has 2 heterocycles. The molecule has 0 spiro atoms. The van der Waals surface area contributed by atoms with Crippen LogP contribution in [0.4, 0.5) is 5.69 Å². The number of allylic oxidation sites excluding steroid dienone is 1. The Balaban J connectivity index is 1.86. The van der Waals surface area contributed by atoms with Gasteiger partial charge in [-0.15, -0.1) is 0 Å². The van der Waals surface area contributed by atoms with E-state index in [9.17, 15) is 0 Å². The number of nitrogen functional groups attached to an aromatic ring is 1. The van der Waals surface area contributed by atoms with E-state index in [0.29, 0.717) is 17.5 Å². The third kappa shape index (κ3) is 5.86. The molecular weight excluding hydrogens is 390 g/mol. The molecule has 0 aliphatic carbocycles. The van der Waals surface area contributed by atoms with Gasteiger partial charge in [-0.25, -0.2) is 0 Å². The van der Waals surface area contributed by atoms with Crippen molar-refractivity contribution in [2.45, 2.75) is 19.8 Å². The molecule has 1 aromatic heterocycles. The lowest BCUT2D eigenvalue weighted by Crippen LogP contribution is -2.02. The van der Waals surface area contributed by atoms with E-state index in [1.807, 2.05) is 43.5 Å². The Kier molecular flexibility index (Phi) is 7.67. The average molecular weight is 422 g/mol. The molecule has 1 aromatic carbocycles. The van der Waals surface area contributed by atoms with Gasteiger partial charge in [-0.3, -0.25) is 9.98 Å². The minimum absolute atomic E-state index is 0.294. The highest BCUT2D eigenvalue weighted by atomic mass is 16.5. The number of aryl methyl sites for hydroxylation is 1. The molecule has 1 aliphatic heterocycles. The molecular formula is C24H31N5O2. The van der Waals surface area contributed by atoms with E-state index in [4.69, 9.17) is 31.7 Å². The van der Waals surface area contributed by atoms with Crippen LogP contribution in [0.2, 0.25) is 0 Å². The zero-order valence-corrected chi connectivity index (χ0v) is 18.2. The highest BCUT2D eigenvalue weighted by Crippen LogP contribution is 2.30. The fraction of sp³-hybridized carbons (Fsp3) is 0.333. The van der Waals surface area contributed by atoms with E-state index in [0.717, 1.165) is 66.3 Å². The van der Waals surface area contributed by atoms with Gasteiger partial charge in [0.25, 0.3) is 0 Å². The average Bonchev–Trinajstić information content (AvgIpc) is 3.29. The van der Waals surface area contributed by atoms with Crippen molar-refractivity contribution in [3.8, 4) is 11.3 Å². The Morgan fingerprint density at radius 1 is 1.32 bits per heavy atom. The summed E-state index contributed by atoms with van der Waals surface area (Å²) >= 11 is 0. The molecule has 0 radical (unpaired) electrons. The van der Waals surface area contributed by atoms with Gasteiger partial charge in [0.15, 0.2) is 5.88 Å². The van der Waals surface area contributed by atoms with Crippen molar-refractivity contribution in [3.05, 3.63) is 59.2 Å². The first-order valence-corrected chi connectivity index (χ1v) is 10.4. The number of aromatic nitrogens is 1. The van der Waals surface area contributed by atoms with Crippen LogP contribution in [-0.2, 0) is 9.47 Å². The summed E-state index contributed by atoms with van der Waals surface area (Å²) in [4.78, 5) is 9.35. The number of hydrogen-bond donors (Lipinski definition) is 3. The smallest absolute Gasteiger partial charge is 0.184 e. The van der Waals surface area contributed by atoms with E-state index in [2.05, 4.69) is 4.99 Å². The topological polar surface area (TPSA) is 122 Å². The Hall–Kier alpha value is -3.32. The van der Waals surface area contributed by atoms with Gasteiger partial charge in [-0.1, -0.05) is 18.2 Å². The number of benzene rings is 1. The fourth-order valence-electron chi connectivity index (χ4n) is 3.51. The van der Waals surface area contributed by atoms with Crippen molar-refractivity contribution >= 4 is 23.6 Å². The number of ether oxygens (including phenoxy) is 2. The minimum Gasteiger partial charge on any atom is -0.483 e. The lowest BCUT2D eigenvalue weighted by Gasteiger charge is -2.12. The quantitative estimate of drug-likeness (QED) is 0.341. The molecule has 1 atom stereocenters. The van der Waals surface area contributed by atoms with E-state index in [-0.39, 0.29) is 0 Å². The standard InChI is InChI=1S/C24H31N5O2/c1-16-3-6-21(20(13-25)14-28-9-7-17-8-10-31-15-17)24(29-16)19-5-4-18(22(26)11-19)12-23(27)30-2/h3-6,11-14,17H,7-10,15,25-27H2,1-2H3/b20-13+,23-12+,28-14?. The van der Waals surface area contributed by atoms with Crippen LogP contribution in [-0.4, -0.2) is 38.1 Å². The van der Waals surface area contributed by atoms with Gasteiger partial charge in [-0.2, -0.15) is 0 Å². The molecule has 0 bridgehead atoms. The minimum atomic E-state index is 0.294. The molecule has 164 valence electrons. The molecule has 2 aromatic rings. The maximum Gasteiger partial charge on any atom is 0.184 e. The Morgan fingerprint density at radius 2 is 2.16 bits per heavy atom. The second-order valence-electron chi connectivity index (χ2n) is 7.62. The highest BCUT2D eigenvalue weighted by Gasteiger charge is 2.15. The van der Waals surface area contributed by atoms with Crippen LogP contribution >= 0.6 is 0 Å². The van der Waals surface area contributed by atoms with Gasteiger partial charge >= 0.3 is 0 Å². The Labute approximate surface area is 183 Å². The fourth-order valence-corrected chi connectivity index (χ4v) is 3.51. The van der Waals surface area contributed by atoms with Gasteiger partial charge in [0.05, 0.1) is 12.8 Å². The highest BCUT2D eigenvalue weighted by molar-refractivity contribution is 6.11. The number of nitrogens with two attached hydrogens (primary N) is 3. The van der Waals surface area contributed by atoms with Crippen molar-refractivity contribution in [3.63, 3.8) is 0 Å². The summed E-state index contributed by atoms with van der Waals surface area (Å²) in [6.45, 7) is 4.39. The van der Waals surface area contributed by atoms with Crippen molar-refractivity contribution in [2.24, 2.45) is 22.4 Å². The third-order valence-electron chi connectivity index (χ3n) is 5.34. The predicted molar refractivity (Wildman–Crippen MR) is 127 cm³/mol. The normalized spacial score (nSPS) is 17.4. The summed E-state index contributed by atoms with van der Waals surface area (Å²) in [5, 5.41) is 0. The van der Waals surface area contributed by atoms with Gasteiger partial charge in [-0.05, 0) is 37.8 Å². The second-order valence-corrected chi connectivity index (χ2v) is 7.62. The maximum absolute atomic E-state index is 6.26. The van der Waals surface area contributed by atoms with Gasteiger partial charge < -0.3 is 26.7 Å². The number of hydrogen-bond acceptors (Lipinski definition) is 7. The number of anilines is 1. The summed E-state index contributed by atoms with van der Waals surface area (Å²) < 4.78 is 10.4. The number of aliphatic imine (C=N–C) groups is 1. The van der Waals surface area contributed by atoms with Crippen LogP contribution in [0, 0.1) is 12.8 Å². The SMILES string of the molecule is CO/C(N)=C/c1ccc(-c2nc(C)ccc2/C(C=NCCC2CCOC2)=C/N)cc1N. The van der Waals surface area contributed by atoms with E-state index in [1.54, 1.807) is 12.3 Å². The molecule has 7 nitrogen and oxygen atoms in total. The lowest BCUT2D eigenvalue weighted by atomic mass is 9.98. The summed E-state index contributed by atoms with van der Waals surface area (Å²) in [7, 11) is 1.52.